The topological polar surface area (TPSA) is 43.4 Å². The molecule has 6 aliphatic rings. The summed E-state index contributed by atoms with van der Waals surface area (Å²) in [6.45, 7) is 0. The van der Waals surface area contributed by atoms with Gasteiger partial charge in [-0.05, 0) is 62.7 Å². The SMILES string of the molecule is O=C1C2C=CC1C(C(=O)OC13CC4CC(CC(C4)C1)C3)C2. The van der Waals surface area contributed by atoms with E-state index in [1.807, 2.05) is 12.2 Å². The standard InChI is InChI=1S/C18H22O3/c19-16-13-1-2-14(16)15(6-13)17(20)21-18-7-10-3-11(8-18)5-12(4-10)9-18/h1-2,10-15H,3-9H2. The van der Waals surface area contributed by atoms with E-state index in [9.17, 15) is 9.59 Å². The van der Waals surface area contributed by atoms with Gasteiger partial charge in [0.25, 0.3) is 0 Å². The molecule has 6 aliphatic carbocycles. The fourth-order valence-electron chi connectivity index (χ4n) is 6.33. The van der Waals surface area contributed by atoms with E-state index in [0.29, 0.717) is 6.42 Å². The fraction of sp³-hybridized carbons (Fsp3) is 0.778. The Hall–Kier alpha value is -1.12. The minimum atomic E-state index is -0.194. The number of carbonyl (C=O) groups is 2. The van der Waals surface area contributed by atoms with Crippen molar-refractivity contribution < 1.29 is 14.3 Å². The van der Waals surface area contributed by atoms with Crippen LogP contribution in [-0.4, -0.2) is 17.4 Å². The van der Waals surface area contributed by atoms with Crippen molar-refractivity contribution in [1.82, 2.24) is 0 Å². The second-order valence-corrected chi connectivity index (χ2v) is 8.28. The Labute approximate surface area is 125 Å². The van der Waals surface area contributed by atoms with E-state index in [0.717, 1.165) is 37.0 Å². The third kappa shape index (κ3) is 1.72. The van der Waals surface area contributed by atoms with Crippen LogP contribution in [0.3, 0.4) is 0 Å². The molecule has 0 radical (unpaired) electrons. The number of carbonyl (C=O) groups excluding carboxylic acids is 2. The van der Waals surface area contributed by atoms with Gasteiger partial charge in [0, 0.05) is 11.8 Å². The minimum Gasteiger partial charge on any atom is -0.459 e. The van der Waals surface area contributed by atoms with Crippen LogP contribution >= 0.6 is 0 Å². The summed E-state index contributed by atoms with van der Waals surface area (Å²) in [6, 6.07) is 0. The fourth-order valence-corrected chi connectivity index (χ4v) is 6.33. The molecule has 0 spiro atoms. The summed E-state index contributed by atoms with van der Waals surface area (Å²) >= 11 is 0. The van der Waals surface area contributed by atoms with Crippen LogP contribution in [0.1, 0.15) is 44.9 Å². The summed E-state index contributed by atoms with van der Waals surface area (Å²) in [6.07, 6.45) is 11.9. The number of hydrogen-bond donors (Lipinski definition) is 0. The zero-order valence-corrected chi connectivity index (χ0v) is 12.3. The van der Waals surface area contributed by atoms with E-state index >= 15 is 0 Å². The van der Waals surface area contributed by atoms with Gasteiger partial charge < -0.3 is 4.74 Å². The molecule has 21 heavy (non-hydrogen) atoms. The Kier molecular flexibility index (Phi) is 2.36. The lowest BCUT2D eigenvalue weighted by Crippen LogP contribution is -2.53. The van der Waals surface area contributed by atoms with E-state index in [1.165, 1.54) is 19.3 Å². The number of allylic oxidation sites excluding steroid dienone is 2. The third-order valence-electron chi connectivity index (χ3n) is 6.79. The highest BCUT2D eigenvalue weighted by molar-refractivity contribution is 5.96. The number of esters is 1. The van der Waals surface area contributed by atoms with Gasteiger partial charge >= 0.3 is 5.97 Å². The normalized spacial score (nSPS) is 52.7. The van der Waals surface area contributed by atoms with Gasteiger partial charge in [0.05, 0.1) is 5.92 Å². The summed E-state index contributed by atoms with van der Waals surface area (Å²) in [7, 11) is 0. The van der Waals surface area contributed by atoms with Crippen molar-refractivity contribution >= 4 is 11.8 Å². The molecule has 0 aromatic carbocycles. The lowest BCUT2D eigenvalue weighted by molar-refractivity contribution is -0.191. The second-order valence-electron chi connectivity index (χ2n) is 8.28. The first-order valence-corrected chi connectivity index (χ1v) is 8.57. The molecule has 3 nitrogen and oxygen atoms in total. The molecule has 0 aliphatic heterocycles. The Morgan fingerprint density at radius 3 is 2.10 bits per heavy atom. The van der Waals surface area contributed by atoms with Crippen molar-refractivity contribution in [2.24, 2.45) is 35.5 Å². The van der Waals surface area contributed by atoms with Gasteiger partial charge in [-0.25, -0.2) is 0 Å². The van der Waals surface area contributed by atoms with Crippen LogP contribution in [0.25, 0.3) is 0 Å². The maximum atomic E-state index is 12.7. The van der Waals surface area contributed by atoms with E-state index in [2.05, 4.69) is 0 Å². The first kappa shape index (κ1) is 12.4. The van der Waals surface area contributed by atoms with E-state index < -0.39 is 0 Å². The maximum absolute atomic E-state index is 12.7. The van der Waals surface area contributed by atoms with Crippen molar-refractivity contribution in [1.29, 1.82) is 0 Å². The van der Waals surface area contributed by atoms with Crippen LogP contribution in [0.4, 0.5) is 0 Å². The quantitative estimate of drug-likeness (QED) is 0.579. The summed E-state index contributed by atoms with van der Waals surface area (Å²) < 4.78 is 6.11. The number of hydrogen-bond acceptors (Lipinski definition) is 3. The predicted molar refractivity (Wildman–Crippen MR) is 76.2 cm³/mol. The van der Waals surface area contributed by atoms with Gasteiger partial charge in [0.15, 0.2) is 0 Å². The Balaban J connectivity index is 1.35. The van der Waals surface area contributed by atoms with Crippen molar-refractivity contribution in [2.45, 2.75) is 50.5 Å². The van der Waals surface area contributed by atoms with Gasteiger partial charge in [0.1, 0.15) is 11.4 Å². The van der Waals surface area contributed by atoms with Crippen molar-refractivity contribution in [3.63, 3.8) is 0 Å². The molecule has 112 valence electrons. The molecule has 3 heteroatoms. The number of ether oxygens (including phenoxy) is 1. The van der Waals surface area contributed by atoms with Crippen molar-refractivity contribution in [3.8, 4) is 0 Å². The van der Waals surface area contributed by atoms with E-state index in [4.69, 9.17) is 4.74 Å². The predicted octanol–water partition coefficient (Wildman–Crippen LogP) is 2.89. The van der Waals surface area contributed by atoms with Crippen LogP contribution in [0.15, 0.2) is 12.2 Å². The highest BCUT2D eigenvalue weighted by atomic mass is 16.6. The number of Topliss-reactive ketones (excluding diaryl/α,β-unsaturated/α-hetero) is 1. The van der Waals surface area contributed by atoms with Crippen LogP contribution in [0, 0.1) is 35.5 Å². The molecular weight excluding hydrogens is 264 g/mol. The van der Waals surface area contributed by atoms with Crippen LogP contribution in [-0.2, 0) is 14.3 Å². The smallest absolute Gasteiger partial charge is 0.310 e. The average Bonchev–Trinajstić information content (AvgIpc) is 2.92. The first-order chi connectivity index (χ1) is 10.1. The van der Waals surface area contributed by atoms with E-state index in [1.54, 1.807) is 0 Å². The van der Waals surface area contributed by atoms with Gasteiger partial charge in [-0.3, -0.25) is 9.59 Å². The molecule has 0 N–H and O–H groups in total. The summed E-state index contributed by atoms with van der Waals surface area (Å²) in [4.78, 5) is 24.6. The average molecular weight is 286 g/mol. The van der Waals surface area contributed by atoms with Crippen molar-refractivity contribution in [3.05, 3.63) is 12.2 Å². The molecule has 5 fully saturated rings. The summed E-state index contributed by atoms with van der Waals surface area (Å²) in [5.41, 5.74) is -0.166. The third-order valence-corrected chi connectivity index (χ3v) is 6.79. The van der Waals surface area contributed by atoms with E-state index in [-0.39, 0.29) is 35.1 Å². The van der Waals surface area contributed by atoms with Crippen molar-refractivity contribution in [2.75, 3.05) is 0 Å². The number of rotatable bonds is 2. The zero-order chi connectivity index (χ0) is 14.2. The lowest BCUT2D eigenvalue weighted by Gasteiger charge is -2.55. The molecule has 0 saturated heterocycles. The zero-order valence-electron chi connectivity index (χ0n) is 12.3. The second kappa shape index (κ2) is 3.99. The Bertz CT molecular complexity index is 511. The lowest BCUT2D eigenvalue weighted by atomic mass is 9.54. The van der Waals surface area contributed by atoms with Gasteiger partial charge in [-0.15, -0.1) is 0 Å². The molecule has 6 rings (SSSR count). The summed E-state index contributed by atoms with van der Waals surface area (Å²) in [5.74, 6) is 2.12. The molecule has 0 heterocycles. The molecule has 3 unspecified atom stereocenters. The molecule has 5 saturated carbocycles. The largest absolute Gasteiger partial charge is 0.459 e. The Morgan fingerprint density at radius 1 is 1.00 bits per heavy atom. The highest BCUT2D eigenvalue weighted by Gasteiger charge is 2.55. The monoisotopic (exact) mass is 286 g/mol. The molecule has 0 aromatic rings. The molecule has 3 atom stereocenters. The Morgan fingerprint density at radius 2 is 1.62 bits per heavy atom. The van der Waals surface area contributed by atoms with Crippen LogP contribution in [0.2, 0.25) is 0 Å². The van der Waals surface area contributed by atoms with Gasteiger partial charge in [-0.1, -0.05) is 12.2 Å². The first-order valence-electron chi connectivity index (χ1n) is 8.57. The molecular formula is C18H22O3. The molecule has 0 amide bonds. The minimum absolute atomic E-state index is 0.0103. The highest BCUT2D eigenvalue weighted by Crippen LogP contribution is 2.57. The molecule has 0 aromatic heterocycles. The molecule has 6 bridgehead atoms. The number of ketones is 1. The van der Waals surface area contributed by atoms with Gasteiger partial charge in [0.2, 0.25) is 0 Å². The maximum Gasteiger partial charge on any atom is 0.310 e. The van der Waals surface area contributed by atoms with Crippen LogP contribution in [0.5, 0.6) is 0 Å². The summed E-state index contributed by atoms with van der Waals surface area (Å²) in [5, 5.41) is 0. The van der Waals surface area contributed by atoms with Gasteiger partial charge in [-0.2, -0.15) is 0 Å². The van der Waals surface area contributed by atoms with Crippen LogP contribution < -0.4 is 0 Å². The number of fused-ring (bicyclic) bond motifs is 2.